The van der Waals surface area contributed by atoms with Crippen LogP contribution in [0, 0.1) is 6.92 Å². The SMILES string of the molecule is CCOC(=O)C1=CN(C2CCCC2)C=C(C(=O)OCC)C1c1ccccc1C. The van der Waals surface area contributed by atoms with Crippen molar-refractivity contribution in [1.82, 2.24) is 4.90 Å². The lowest BCUT2D eigenvalue weighted by molar-refractivity contribution is -0.139. The van der Waals surface area contributed by atoms with Crippen molar-refractivity contribution in [1.29, 1.82) is 0 Å². The smallest absolute Gasteiger partial charge is 0.336 e. The molecule has 0 radical (unpaired) electrons. The average molecular weight is 383 g/mol. The molecule has 0 unspecified atom stereocenters. The molecule has 1 aliphatic carbocycles. The van der Waals surface area contributed by atoms with Crippen molar-refractivity contribution < 1.29 is 19.1 Å². The number of nitrogens with zero attached hydrogens (tertiary/aromatic N) is 1. The van der Waals surface area contributed by atoms with Crippen LogP contribution in [0.5, 0.6) is 0 Å². The van der Waals surface area contributed by atoms with Gasteiger partial charge in [-0.3, -0.25) is 0 Å². The van der Waals surface area contributed by atoms with Gasteiger partial charge in [0.15, 0.2) is 0 Å². The quantitative estimate of drug-likeness (QED) is 0.688. The highest BCUT2D eigenvalue weighted by Crippen LogP contribution is 2.40. The van der Waals surface area contributed by atoms with E-state index in [0.717, 1.165) is 36.8 Å². The van der Waals surface area contributed by atoms with Crippen molar-refractivity contribution in [2.45, 2.75) is 58.4 Å². The minimum absolute atomic E-state index is 0.290. The number of ether oxygens (including phenoxy) is 2. The molecule has 1 saturated carbocycles. The highest BCUT2D eigenvalue weighted by Gasteiger charge is 2.37. The van der Waals surface area contributed by atoms with E-state index < -0.39 is 5.92 Å². The minimum Gasteiger partial charge on any atom is -0.463 e. The lowest BCUT2D eigenvalue weighted by Gasteiger charge is -2.34. The Labute approximate surface area is 167 Å². The second kappa shape index (κ2) is 9.09. The van der Waals surface area contributed by atoms with Crippen LogP contribution in [0.15, 0.2) is 47.8 Å². The van der Waals surface area contributed by atoms with Gasteiger partial charge in [-0.2, -0.15) is 0 Å². The molecule has 1 fully saturated rings. The molecular formula is C23H29NO4. The summed E-state index contributed by atoms with van der Waals surface area (Å²) in [6.07, 6.45) is 8.19. The molecule has 150 valence electrons. The summed E-state index contributed by atoms with van der Waals surface area (Å²) in [6.45, 7) is 6.16. The maximum atomic E-state index is 12.9. The van der Waals surface area contributed by atoms with Crippen molar-refractivity contribution in [3.05, 3.63) is 58.9 Å². The van der Waals surface area contributed by atoms with Crippen LogP contribution in [0.4, 0.5) is 0 Å². The molecule has 2 aliphatic rings. The Bertz CT molecular complexity index is 754. The van der Waals surface area contributed by atoms with Gasteiger partial charge in [0.05, 0.1) is 30.3 Å². The molecule has 0 N–H and O–H groups in total. The highest BCUT2D eigenvalue weighted by molar-refractivity contribution is 5.98. The van der Waals surface area contributed by atoms with Gasteiger partial charge in [-0.1, -0.05) is 37.1 Å². The Morgan fingerprint density at radius 1 is 0.964 bits per heavy atom. The summed E-state index contributed by atoms with van der Waals surface area (Å²) in [7, 11) is 0. The van der Waals surface area contributed by atoms with Gasteiger partial charge in [0.1, 0.15) is 0 Å². The number of carbonyl (C=O) groups excluding carboxylic acids is 2. The van der Waals surface area contributed by atoms with Crippen molar-refractivity contribution in [3.8, 4) is 0 Å². The summed E-state index contributed by atoms with van der Waals surface area (Å²) in [5.74, 6) is -1.25. The standard InChI is InChI=1S/C23H29NO4/c1-4-27-22(25)19-14-24(17-11-7-8-12-17)15-20(23(26)28-5-2)21(19)18-13-9-6-10-16(18)3/h6,9-10,13-15,17,21H,4-5,7-8,11-12H2,1-3H3. The van der Waals surface area contributed by atoms with Gasteiger partial charge in [-0.15, -0.1) is 0 Å². The van der Waals surface area contributed by atoms with E-state index in [4.69, 9.17) is 9.47 Å². The summed E-state index contributed by atoms with van der Waals surface area (Å²) in [5, 5.41) is 0. The molecule has 0 spiro atoms. The molecule has 0 saturated heterocycles. The second-order valence-corrected chi connectivity index (χ2v) is 7.28. The van der Waals surface area contributed by atoms with E-state index in [0.29, 0.717) is 30.4 Å². The first kappa shape index (κ1) is 20.2. The normalized spacial score (nSPS) is 17.9. The zero-order valence-electron chi connectivity index (χ0n) is 16.9. The molecule has 28 heavy (non-hydrogen) atoms. The van der Waals surface area contributed by atoms with E-state index in [1.165, 1.54) is 0 Å². The Morgan fingerprint density at radius 2 is 1.50 bits per heavy atom. The average Bonchev–Trinajstić information content (AvgIpc) is 3.23. The maximum absolute atomic E-state index is 12.9. The van der Waals surface area contributed by atoms with Gasteiger partial charge in [0, 0.05) is 18.4 Å². The monoisotopic (exact) mass is 383 g/mol. The number of benzene rings is 1. The van der Waals surface area contributed by atoms with Crippen molar-refractivity contribution in [3.63, 3.8) is 0 Å². The van der Waals surface area contributed by atoms with Crippen molar-refractivity contribution >= 4 is 11.9 Å². The Balaban J connectivity index is 2.11. The topological polar surface area (TPSA) is 55.8 Å². The summed E-state index contributed by atoms with van der Waals surface area (Å²) in [6, 6.07) is 8.13. The third-order valence-corrected chi connectivity index (χ3v) is 5.47. The van der Waals surface area contributed by atoms with Crippen LogP contribution >= 0.6 is 0 Å². The Hall–Kier alpha value is -2.56. The number of hydrogen-bond donors (Lipinski definition) is 0. The first-order valence-corrected chi connectivity index (χ1v) is 10.2. The van der Waals surface area contributed by atoms with E-state index in [-0.39, 0.29) is 11.9 Å². The minimum atomic E-state index is -0.489. The third kappa shape index (κ3) is 4.13. The lowest BCUT2D eigenvalue weighted by Crippen LogP contribution is -2.33. The van der Waals surface area contributed by atoms with E-state index in [2.05, 4.69) is 0 Å². The molecular weight excluding hydrogens is 354 g/mol. The fraction of sp³-hybridized carbons (Fsp3) is 0.478. The number of esters is 2. The molecule has 0 amide bonds. The van der Waals surface area contributed by atoms with E-state index >= 15 is 0 Å². The number of aryl methyl sites for hydroxylation is 1. The second-order valence-electron chi connectivity index (χ2n) is 7.28. The summed E-state index contributed by atoms with van der Waals surface area (Å²) >= 11 is 0. The van der Waals surface area contributed by atoms with Crippen LogP contribution in [0.3, 0.4) is 0 Å². The fourth-order valence-corrected chi connectivity index (χ4v) is 4.10. The molecule has 5 heteroatoms. The van der Waals surface area contributed by atoms with Gasteiger partial charge in [0.25, 0.3) is 0 Å². The van der Waals surface area contributed by atoms with Gasteiger partial charge < -0.3 is 14.4 Å². The van der Waals surface area contributed by atoms with Gasteiger partial charge in [0.2, 0.25) is 0 Å². The van der Waals surface area contributed by atoms with Crippen LogP contribution in [0.2, 0.25) is 0 Å². The molecule has 1 heterocycles. The first-order chi connectivity index (χ1) is 13.6. The number of rotatable bonds is 6. The fourth-order valence-electron chi connectivity index (χ4n) is 4.10. The summed E-state index contributed by atoms with van der Waals surface area (Å²) < 4.78 is 10.7. The molecule has 3 rings (SSSR count). The van der Waals surface area contributed by atoms with Crippen LogP contribution in [0.1, 0.15) is 56.6 Å². The molecule has 0 aromatic heterocycles. The summed E-state index contributed by atoms with van der Waals surface area (Å²) in [5.41, 5.74) is 2.93. The van der Waals surface area contributed by atoms with Crippen molar-refractivity contribution in [2.75, 3.05) is 13.2 Å². The zero-order chi connectivity index (χ0) is 20.1. The van der Waals surface area contributed by atoms with Crippen LogP contribution in [0.25, 0.3) is 0 Å². The molecule has 5 nitrogen and oxygen atoms in total. The molecule has 1 aromatic carbocycles. The van der Waals surface area contributed by atoms with Crippen LogP contribution in [-0.2, 0) is 19.1 Å². The Kier molecular flexibility index (Phi) is 6.55. The largest absolute Gasteiger partial charge is 0.463 e. The molecule has 1 aliphatic heterocycles. The highest BCUT2D eigenvalue weighted by atomic mass is 16.5. The lowest BCUT2D eigenvalue weighted by atomic mass is 9.81. The van der Waals surface area contributed by atoms with E-state index in [1.54, 1.807) is 13.8 Å². The molecule has 1 aromatic rings. The maximum Gasteiger partial charge on any atom is 0.336 e. The number of hydrogen-bond acceptors (Lipinski definition) is 5. The van der Waals surface area contributed by atoms with Gasteiger partial charge in [-0.25, -0.2) is 9.59 Å². The Morgan fingerprint density at radius 3 is 2.00 bits per heavy atom. The number of carbonyl (C=O) groups is 2. The zero-order valence-corrected chi connectivity index (χ0v) is 16.9. The van der Waals surface area contributed by atoms with Gasteiger partial charge >= 0.3 is 11.9 Å². The predicted molar refractivity (Wildman–Crippen MR) is 107 cm³/mol. The third-order valence-electron chi connectivity index (χ3n) is 5.47. The summed E-state index contributed by atoms with van der Waals surface area (Å²) in [4.78, 5) is 27.8. The van der Waals surface area contributed by atoms with Gasteiger partial charge in [-0.05, 0) is 44.7 Å². The molecule has 0 atom stereocenters. The van der Waals surface area contributed by atoms with E-state index in [9.17, 15) is 9.59 Å². The first-order valence-electron chi connectivity index (χ1n) is 10.2. The van der Waals surface area contributed by atoms with Crippen LogP contribution < -0.4 is 0 Å². The molecule has 0 bridgehead atoms. The predicted octanol–water partition coefficient (Wildman–Crippen LogP) is 4.23. The van der Waals surface area contributed by atoms with E-state index in [1.807, 2.05) is 48.5 Å². The van der Waals surface area contributed by atoms with Crippen molar-refractivity contribution in [2.24, 2.45) is 0 Å². The van der Waals surface area contributed by atoms with Crippen LogP contribution in [-0.4, -0.2) is 36.1 Å².